The maximum Gasteiger partial charge on any atom is 0.264 e. The first-order valence-corrected chi connectivity index (χ1v) is 6.67. The molecule has 1 aliphatic rings. The van der Waals surface area contributed by atoms with E-state index in [1.807, 2.05) is 0 Å². The lowest BCUT2D eigenvalue weighted by Gasteiger charge is -2.13. The highest BCUT2D eigenvalue weighted by atomic mass is 32.2. The number of hydrogen-bond acceptors (Lipinski definition) is 4. The zero-order chi connectivity index (χ0) is 10.9. The van der Waals surface area contributed by atoms with Crippen molar-refractivity contribution in [2.45, 2.75) is 38.9 Å². The molecular formula is C9H18O4S. The van der Waals surface area contributed by atoms with E-state index in [4.69, 9.17) is 4.18 Å². The standard InChI is InChI=1S/C9H18O4S/c1-6(2)7-4-8(10)9(5-7)13-14(3,11)12/h6-10H,4-5H2,1-3H3. The molecule has 3 unspecified atom stereocenters. The van der Waals surface area contributed by atoms with Crippen LogP contribution in [0.5, 0.6) is 0 Å². The van der Waals surface area contributed by atoms with Gasteiger partial charge in [0.1, 0.15) is 6.10 Å². The molecule has 1 rings (SSSR count). The number of rotatable bonds is 3. The van der Waals surface area contributed by atoms with Crippen LogP contribution in [-0.4, -0.2) is 32.0 Å². The molecule has 0 aliphatic heterocycles. The van der Waals surface area contributed by atoms with Crippen LogP contribution in [0.4, 0.5) is 0 Å². The van der Waals surface area contributed by atoms with Crippen molar-refractivity contribution in [1.29, 1.82) is 0 Å². The fourth-order valence-corrected chi connectivity index (χ4v) is 2.54. The van der Waals surface area contributed by atoms with E-state index in [-0.39, 0.29) is 0 Å². The van der Waals surface area contributed by atoms with Crippen molar-refractivity contribution < 1.29 is 17.7 Å². The lowest BCUT2D eigenvalue weighted by atomic mass is 9.94. The van der Waals surface area contributed by atoms with Gasteiger partial charge in [-0.25, -0.2) is 0 Å². The summed E-state index contributed by atoms with van der Waals surface area (Å²) in [4.78, 5) is 0. The molecule has 14 heavy (non-hydrogen) atoms. The van der Waals surface area contributed by atoms with Gasteiger partial charge in [0.15, 0.2) is 0 Å². The molecule has 84 valence electrons. The minimum Gasteiger partial charge on any atom is -0.390 e. The molecule has 0 aromatic rings. The highest BCUT2D eigenvalue weighted by Gasteiger charge is 2.36. The van der Waals surface area contributed by atoms with Gasteiger partial charge < -0.3 is 5.11 Å². The van der Waals surface area contributed by atoms with Crippen LogP contribution in [0.15, 0.2) is 0 Å². The molecule has 1 aliphatic carbocycles. The summed E-state index contributed by atoms with van der Waals surface area (Å²) in [5, 5.41) is 9.58. The average molecular weight is 222 g/mol. The lowest BCUT2D eigenvalue weighted by Crippen LogP contribution is -2.25. The van der Waals surface area contributed by atoms with Crippen molar-refractivity contribution in [2.75, 3.05) is 6.26 Å². The second-order valence-corrected chi connectivity index (χ2v) is 5.98. The largest absolute Gasteiger partial charge is 0.390 e. The summed E-state index contributed by atoms with van der Waals surface area (Å²) < 4.78 is 26.6. The van der Waals surface area contributed by atoms with Gasteiger partial charge in [-0.2, -0.15) is 8.42 Å². The van der Waals surface area contributed by atoms with Crippen LogP contribution < -0.4 is 0 Å². The molecule has 1 N–H and O–H groups in total. The summed E-state index contributed by atoms with van der Waals surface area (Å²) in [6.45, 7) is 4.14. The molecule has 0 aromatic carbocycles. The van der Waals surface area contributed by atoms with E-state index in [1.54, 1.807) is 0 Å². The van der Waals surface area contributed by atoms with Gasteiger partial charge in [0.2, 0.25) is 0 Å². The topological polar surface area (TPSA) is 63.6 Å². The first-order chi connectivity index (χ1) is 6.29. The fourth-order valence-electron chi connectivity index (χ4n) is 1.89. The smallest absolute Gasteiger partial charge is 0.264 e. The molecule has 0 heterocycles. The lowest BCUT2D eigenvalue weighted by molar-refractivity contribution is 0.0651. The Morgan fingerprint density at radius 1 is 1.36 bits per heavy atom. The van der Waals surface area contributed by atoms with Crippen molar-refractivity contribution in [1.82, 2.24) is 0 Å². The minimum absolute atomic E-state index is 0.358. The summed E-state index contributed by atoms with van der Waals surface area (Å²) in [7, 11) is -3.45. The first-order valence-electron chi connectivity index (χ1n) is 4.86. The van der Waals surface area contributed by atoms with Crippen molar-refractivity contribution in [3.63, 3.8) is 0 Å². The van der Waals surface area contributed by atoms with Gasteiger partial charge >= 0.3 is 0 Å². The molecule has 1 saturated carbocycles. The molecule has 1 fully saturated rings. The van der Waals surface area contributed by atoms with E-state index in [1.165, 1.54) is 0 Å². The van der Waals surface area contributed by atoms with Gasteiger partial charge in [-0.1, -0.05) is 13.8 Å². The Bertz CT molecular complexity index is 283. The zero-order valence-corrected chi connectivity index (χ0v) is 9.62. The van der Waals surface area contributed by atoms with Gasteiger partial charge in [-0.05, 0) is 24.7 Å². The van der Waals surface area contributed by atoms with Crippen molar-refractivity contribution in [2.24, 2.45) is 11.8 Å². The molecule has 5 heteroatoms. The first kappa shape index (κ1) is 11.9. The van der Waals surface area contributed by atoms with E-state index < -0.39 is 22.3 Å². The Hall–Kier alpha value is -0.130. The molecule has 0 bridgehead atoms. The minimum atomic E-state index is -3.45. The molecule has 0 saturated heterocycles. The molecular weight excluding hydrogens is 204 g/mol. The average Bonchev–Trinajstić information content (AvgIpc) is 2.29. The zero-order valence-electron chi connectivity index (χ0n) is 8.80. The van der Waals surface area contributed by atoms with Crippen LogP contribution in [0.25, 0.3) is 0 Å². The third-order valence-electron chi connectivity index (χ3n) is 2.75. The van der Waals surface area contributed by atoms with Crippen LogP contribution in [0, 0.1) is 11.8 Å². The Kier molecular flexibility index (Phi) is 3.55. The van der Waals surface area contributed by atoms with E-state index in [0.29, 0.717) is 24.7 Å². The molecule has 0 amide bonds. The Balaban J connectivity index is 2.57. The summed E-state index contributed by atoms with van der Waals surface area (Å²) >= 11 is 0. The van der Waals surface area contributed by atoms with Gasteiger partial charge in [0, 0.05) is 0 Å². The molecule has 4 nitrogen and oxygen atoms in total. The number of aliphatic hydroxyl groups is 1. The van der Waals surface area contributed by atoms with Gasteiger partial charge in [0.05, 0.1) is 12.4 Å². The summed E-state index contributed by atoms with van der Waals surface area (Å²) in [5.74, 6) is 0.814. The van der Waals surface area contributed by atoms with Crippen molar-refractivity contribution in [3.8, 4) is 0 Å². The normalized spacial score (nSPS) is 33.9. The predicted octanol–water partition coefficient (Wildman–Crippen LogP) is 0.758. The van der Waals surface area contributed by atoms with Gasteiger partial charge in [0.25, 0.3) is 10.1 Å². The quantitative estimate of drug-likeness (QED) is 0.716. The Morgan fingerprint density at radius 2 is 1.93 bits per heavy atom. The maximum atomic E-state index is 10.9. The highest BCUT2D eigenvalue weighted by molar-refractivity contribution is 7.86. The van der Waals surface area contributed by atoms with E-state index in [2.05, 4.69) is 13.8 Å². The van der Waals surface area contributed by atoms with Crippen LogP contribution in [0.3, 0.4) is 0 Å². The van der Waals surface area contributed by atoms with Crippen molar-refractivity contribution in [3.05, 3.63) is 0 Å². The second-order valence-electron chi connectivity index (χ2n) is 4.38. The molecule has 0 radical (unpaired) electrons. The van der Waals surface area contributed by atoms with Gasteiger partial charge in [-0.15, -0.1) is 0 Å². The highest BCUT2D eigenvalue weighted by Crippen LogP contribution is 2.33. The van der Waals surface area contributed by atoms with E-state index in [0.717, 1.165) is 6.26 Å². The summed E-state index contributed by atoms with van der Waals surface area (Å²) in [5.41, 5.74) is 0. The number of hydrogen-bond donors (Lipinski definition) is 1. The second kappa shape index (κ2) is 4.16. The monoisotopic (exact) mass is 222 g/mol. The Morgan fingerprint density at radius 3 is 2.29 bits per heavy atom. The Labute approximate surface area is 85.4 Å². The summed E-state index contributed by atoms with van der Waals surface area (Å²) in [6.07, 6.45) is 1.10. The third-order valence-corrected chi connectivity index (χ3v) is 3.35. The van der Waals surface area contributed by atoms with Crippen LogP contribution in [-0.2, 0) is 14.3 Å². The van der Waals surface area contributed by atoms with E-state index >= 15 is 0 Å². The van der Waals surface area contributed by atoms with Crippen LogP contribution in [0.2, 0.25) is 0 Å². The van der Waals surface area contributed by atoms with Gasteiger partial charge in [-0.3, -0.25) is 4.18 Å². The van der Waals surface area contributed by atoms with Crippen LogP contribution in [0.1, 0.15) is 26.7 Å². The SMILES string of the molecule is CC(C)C1CC(O)C(OS(C)(=O)=O)C1. The van der Waals surface area contributed by atoms with E-state index in [9.17, 15) is 13.5 Å². The van der Waals surface area contributed by atoms with Crippen LogP contribution >= 0.6 is 0 Å². The third kappa shape index (κ3) is 3.22. The predicted molar refractivity (Wildman–Crippen MR) is 53.3 cm³/mol. The molecule has 3 atom stereocenters. The van der Waals surface area contributed by atoms with Crippen molar-refractivity contribution >= 4 is 10.1 Å². The number of aliphatic hydroxyl groups excluding tert-OH is 1. The maximum absolute atomic E-state index is 10.9. The molecule has 0 aromatic heterocycles. The molecule has 0 spiro atoms. The fraction of sp³-hybridized carbons (Fsp3) is 1.00. The summed E-state index contributed by atoms with van der Waals surface area (Å²) in [6, 6.07) is 0.